The normalized spacial score (nSPS) is 10.3. The second-order valence-electron chi connectivity index (χ2n) is 6.15. The molecule has 0 bridgehead atoms. The molecule has 0 spiro atoms. The molecule has 3 aromatic rings. The van der Waals surface area contributed by atoms with E-state index in [-0.39, 0.29) is 12.5 Å². The molecule has 0 saturated heterocycles. The van der Waals surface area contributed by atoms with E-state index < -0.39 is 0 Å². The zero-order valence-corrected chi connectivity index (χ0v) is 16.7. The molecule has 0 radical (unpaired) electrons. The summed E-state index contributed by atoms with van der Waals surface area (Å²) in [5, 5.41) is 2.82. The number of hydrogen-bond acceptors (Lipinski definition) is 3. The van der Waals surface area contributed by atoms with Gasteiger partial charge in [0.25, 0.3) is 5.91 Å². The lowest BCUT2D eigenvalue weighted by Crippen LogP contribution is -2.20. The molecular weight excluding hydrogens is 406 g/mol. The largest absolute Gasteiger partial charge is 0.484 e. The molecule has 138 valence electrons. The lowest BCUT2D eigenvalue weighted by molar-refractivity contribution is -0.118. The minimum atomic E-state index is -0.218. The van der Waals surface area contributed by atoms with Crippen LogP contribution >= 0.6 is 15.9 Å². The van der Waals surface area contributed by atoms with Crippen LogP contribution in [0.1, 0.15) is 11.1 Å². The molecule has 0 atom stereocenters. The molecule has 0 aliphatic rings. The SMILES string of the molecule is Cc1cc(OCC(=O)Nc2ccc(Oc3ccccc3)cc2)cc(C)c1Br. The number of aryl methyl sites for hydroxylation is 2. The number of carbonyl (C=O) groups is 1. The Morgan fingerprint density at radius 1 is 0.889 bits per heavy atom. The van der Waals surface area contributed by atoms with E-state index in [1.54, 1.807) is 12.1 Å². The Balaban J connectivity index is 1.53. The third-order valence-electron chi connectivity index (χ3n) is 3.90. The van der Waals surface area contributed by atoms with Crippen molar-refractivity contribution in [1.82, 2.24) is 0 Å². The van der Waals surface area contributed by atoms with Crippen LogP contribution in [0.4, 0.5) is 5.69 Å². The first kappa shape index (κ1) is 19.0. The maximum absolute atomic E-state index is 12.1. The monoisotopic (exact) mass is 425 g/mol. The van der Waals surface area contributed by atoms with Gasteiger partial charge in [0.1, 0.15) is 17.2 Å². The molecule has 3 aromatic carbocycles. The summed E-state index contributed by atoms with van der Waals surface area (Å²) in [6.45, 7) is 3.93. The lowest BCUT2D eigenvalue weighted by Gasteiger charge is -2.11. The maximum Gasteiger partial charge on any atom is 0.262 e. The fourth-order valence-corrected chi connectivity index (χ4v) is 2.80. The van der Waals surface area contributed by atoms with Gasteiger partial charge >= 0.3 is 0 Å². The molecule has 1 amide bonds. The first-order valence-corrected chi connectivity index (χ1v) is 9.33. The van der Waals surface area contributed by atoms with Gasteiger partial charge in [-0.05, 0) is 73.5 Å². The number of amides is 1. The van der Waals surface area contributed by atoms with Gasteiger partial charge in [0.2, 0.25) is 0 Å². The zero-order valence-electron chi connectivity index (χ0n) is 15.2. The highest BCUT2D eigenvalue weighted by Gasteiger charge is 2.07. The van der Waals surface area contributed by atoms with Crippen LogP contribution in [-0.4, -0.2) is 12.5 Å². The van der Waals surface area contributed by atoms with Crippen molar-refractivity contribution in [3.63, 3.8) is 0 Å². The molecule has 0 aliphatic carbocycles. The van der Waals surface area contributed by atoms with Crippen LogP contribution in [0, 0.1) is 13.8 Å². The van der Waals surface area contributed by atoms with Gasteiger partial charge < -0.3 is 14.8 Å². The van der Waals surface area contributed by atoms with E-state index in [2.05, 4.69) is 21.2 Å². The molecule has 1 N–H and O–H groups in total. The Morgan fingerprint density at radius 3 is 2.11 bits per heavy atom. The maximum atomic E-state index is 12.1. The lowest BCUT2D eigenvalue weighted by atomic mass is 10.1. The number of rotatable bonds is 6. The number of nitrogens with one attached hydrogen (secondary N) is 1. The van der Waals surface area contributed by atoms with E-state index in [1.165, 1.54) is 0 Å². The molecule has 0 fully saturated rings. The van der Waals surface area contributed by atoms with Crippen LogP contribution in [0.3, 0.4) is 0 Å². The average molecular weight is 426 g/mol. The van der Waals surface area contributed by atoms with Crippen molar-refractivity contribution in [2.24, 2.45) is 0 Å². The van der Waals surface area contributed by atoms with Gasteiger partial charge in [-0.25, -0.2) is 0 Å². The number of ether oxygens (including phenoxy) is 2. The van der Waals surface area contributed by atoms with Crippen LogP contribution in [0.15, 0.2) is 71.2 Å². The van der Waals surface area contributed by atoms with Gasteiger partial charge in [-0.1, -0.05) is 34.1 Å². The number of para-hydroxylation sites is 1. The minimum Gasteiger partial charge on any atom is -0.484 e. The van der Waals surface area contributed by atoms with Gasteiger partial charge in [0.15, 0.2) is 6.61 Å². The van der Waals surface area contributed by atoms with Gasteiger partial charge in [0, 0.05) is 10.2 Å². The highest BCUT2D eigenvalue weighted by atomic mass is 79.9. The highest BCUT2D eigenvalue weighted by Crippen LogP contribution is 2.26. The predicted octanol–water partition coefficient (Wildman–Crippen LogP) is 5.88. The van der Waals surface area contributed by atoms with E-state index in [0.717, 1.165) is 21.3 Å². The third kappa shape index (κ3) is 5.34. The smallest absolute Gasteiger partial charge is 0.262 e. The molecular formula is C22H20BrNO3. The number of hydrogen-bond donors (Lipinski definition) is 1. The van der Waals surface area contributed by atoms with Gasteiger partial charge in [-0.15, -0.1) is 0 Å². The van der Waals surface area contributed by atoms with Crippen molar-refractivity contribution >= 4 is 27.5 Å². The number of benzene rings is 3. The van der Waals surface area contributed by atoms with Crippen LogP contribution in [0.2, 0.25) is 0 Å². The fourth-order valence-electron chi connectivity index (χ4n) is 2.57. The standard InChI is InChI=1S/C22H20BrNO3/c1-15-12-20(13-16(2)22(15)23)26-14-21(25)24-17-8-10-19(11-9-17)27-18-6-4-3-5-7-18/h3-13H,14H2,1-2H3,(H,24,25). The van der Waals surface area contributed by atoms with Crippen LogP contribution in [-0.2, 0) is 4.79 Å². The second-order valence-corrected chi connectivity index (χ2v) is 6.94. The molecule has 5 heteroatoms. The Kier molecular flexibility index (Phi) is 6.14. The van der Waals surface area contributed by atoms with E-state index in [4.69, 9.17) is 9.47 Å². The molecule has 27 heavy (non-hydrogen) atoms. The van der Waals surface area contributed by atoms with Crippen LogP contribution in [0.25, 0.3) is 0 Å². The number of halogens is 1. The molecule has 3 rings (SSSR count). The highest BCUT2D eigenvalue weighted by molar-refractivity contribution is 9.10. The van der Waals surface area contributed by atoms with Gasteiger partial charge in [-0.3, -0.25) is 4.79 Å². The fraction of sp³-hybridized carbons (Fsp3) is 0.136. The summed E-state index contributed by atoms with van der Waals surface area (Å²) in [7, 11) is 0. The third-order valence-corrected chi connectivity index (χ3v) is 5.15. The molecule has 0 aromatic heterocycles. The number of anilines is 1. The second kappa shape index (κ2) is 8.73. The van der Waals surface area contributed by atoms with E-state index in [1.807, 2.05) is 68.4 Å². The first-order valence-electron chi connectivity index (χ1n) is 8.53. The topological polar surface area (TPSA) is 47.6 Å². The van der Waals surface area contributed by atoms with Crippen LogP contribution in [0.5, 0.6) is 17.2 Å². The summed E-state index contributed by atoms with van der Waals surface area (Å²) in [5.74, 6) is 1.93. The Labute approximate surface area is 167 Å². The summed E-state index contributed by atoms with van der Waals surface area (Å²) in [5.41, 5.74) is 2.83. The molecule has 0 unspecified atom stereocenters. The van der Waals surface area contributed by atoms with E-state index in [9.17, 15) is 4.79 Å². The predicted molar refractivity (Wildman–Crippen MR) is 111 cm³/mol. The van der Waals surface area contributed by atoms with Crippen molar-refractivity contribution in [3.05, 3.63) is 82.3 Å². The zero-order chi connectivity index (χ0) is 19.2. The van der Waals surface area contributed by atoms with Gasteiger partial charge in [0.05, 0.1) is 0 Å². The summed E-state index contributed by atoms with van der Waals surface area (Å²) >= 11 is 3.52. The molecule has 0 saturated carbocycles. The molecule has 0 aliphatic heterocycles. The quantitative estimate of drug-likeness (QED) is 0.536. The first-order chi connectivity index (χ1) is 13.0. The Morgan fingerprint density at radius 2 is 1.48 bits per heavy atom. The Hall–Kier alpha value is -2.79. The number of carbonyl (C=O) groups excluding carboxylic acids is 1. The molecule has 0 heterocycles. The van der Waals surface area contributed by atoms with Crippen molar-refractivity contribution in [3.8, 4) is 17.2 Å². The summed E-state index contributed by atoms with van der Waals surface area (Å²) < 4.78 is 12.4. The minimum absolute atomic E-state index is 0.0528. The summed E-state index contributed by atoms with van der Waals surface area (Å²) in [4.78, 5) is 12.1. The summed E-state index contributed by atoms with van der Waals surface area (Å²) in [6, 6.07) is 20.6. The van der Waals surface area contributed by atoms with Crippen molar-refractivity contribution in [2.75, 3.05) is 11.9 Å². The van der Waals surface area contributed by atoms with Crippen LogP contribution < -0.4 is 14.8 Å². The summed E-state index contributed by atoms with van der Waals surface area (Å²) in [6.07, 6.45) is 0. The van der Waals surface area contributed by atoms with Crippen molar-refractivity contribution < 1.29 is 14.3 Å². The van der Waals surface area contributed by atoms with Crippen molar-refractivity contribution in [1.29, 1.82) is 0 Å². The Bertz CT molecular complexity index is 901. The van der Waals surface area contributed by atoms with E-state index >= 15 is 0 Å². The average Bonchev–Trinajstić information content (AvgIpc) is 2.67. The van der Waals surface area contributed by atoms with Crippen molar-refractivity contribution in [2.45, 2.75) is 13.8 Å². The molecule has 4 nitrogen and oxygen atoms in total. The van der Waals surface area contributed by atoms with E-state index in [0.29, 0.717) is 17.2 Å². The van der Waals surface area contributed by atoms with Gasteiger partial charge in [-0.2, -0.15) is 0 Å².